The van der Waals surface area contributed by atoms with E-state index in [1.54, 1.807) is 6.92 Å². The number of nitrogens with two attached hydrogens (primary N) is 1. The van der Waals surface area contributed by atoms with E-state index in [0.29, 0.717) is 12.1 Å². The SMILES string of the molecule is CCCCCCC(C)(Nc1cc(C)cc(F)c1)C(N)=O. The quantitative estimate of drug-likeness (QED) is 0.712. The van der Waals surface area contributed by atoms with E-state index in [2.05, 4.69) is 12.2 Å². The molecule has 0 aromatic heterocycles. The number of halogens is 1. The Morgan fingerprint density at radius 3 is 2.55 bits per heavy atom. The fourth-order valence-corrected chi connectivity index (χ4v) is 2.28. The summed E-state index contributed by atoms with van der Waals surface area (Å²) in [5.74, 6) is -0.721. The van der Waals surface area contributed by atoms with Crippen molar-refractivity contribution in [1.29, 1.82) is 0 Å². The Morgan fingerprint density at radius 1 is 1.30 bits per heavy atom. The Labute approximate surface area is 120 Å². The molecule has 0 heterocycles. The summed E-state index contributed by atoms with van der Waals surface area (Å²) in [7, 11) is 0. The Hall–Kier alpha value is -1.58. The molecule has 0 saturated carbocycles. The molecule has 0 fully saturated rings. The largest absolute Gasteiger partial charge is 0.371 e. The minimum Gasteiger partial charge on any atom is -0.371 e. The lowest BCUT2D eigenvalue weighted by atomic mass is 9.92. The van der Waals surface area contributed by atoms with Crippen molar-refractivity contribution in [1.82, 2.24) is 0 Å². The van der Waals surface area contributed by atoms with Crippen molar-refractivity contribution in [3.8, 4) is 0 Å². The number of primary amides is 1. The van der Waals surface area contributed by atoms with Gasteiger partial charge in [0.05, 0.1) is 0 Å². The molecule has 3 nitrogen and oxygen atoms in total. The number of hydrogen-bond acceptors (Lipinski definition) is 2. The summed E-state index contributed by atoms with van der Waals surface area (Å²) in [6, 6.07) is 4.66. The van der Waals surface area contributed by atoms with E-state index in [9.17, 15) is 9.18 Å². The number of rotatable bonds is 8. The molecule has 0 aliphatic carbocycles. The van der Waals surface area contributed by atoms with Crippen molar-refractivity contribution in [2.24, 2.45) is 5.73 Å². The first-order chi connectivity index (χ1) is 9.37. The van der Waals surface area contributed by atoms with Crippen LogP contribution in [0.2, 0.25) is 0 Å². The van der Waals surface area contributed by atoms with Gasteiger partial charge in [-0.3, -0.25) is 4.79 Å². The number of nitrogens with one attached hydrogen (secondary N) is 1. The molecule has 1 amide bonds. The van der Waals surface area contributed by atoms with Crippen LogP contribution in [-0.2, 0) is 4.79 Å². The van der Waals surface area contributed by atoms with Crippen molar-refractivity contribution < 1.29 is 9.18 Å². The highest BCUT2D eigenvalue weighted by atomic mass is 19.1. The minimum atomic E-state index is -0.839. The number of aryl methyl sites for hydroxylation is 1. The lowest BCUT2D eigenvalue weighted by Crippen LogP contribution is -2.47. The molecule has 20 heavy (non-hydrogen) atoms. The monoisotopic (exact) mass is 280 g/mol. The summed E-state index contributed by atoms with van der Waals surface area (Å²) in [6.07, 6.45) is 4.94. The van der Waals surface area contributed by atoms with Gasteiger partial charge in [0.15, 0.2) is 0 Å². The second-order valence-electron chi connectivity index (χ2n) is 5.65. The summed E-state index contributed by atoms with van der Waals surface area (Å²) in [6.45, 7) is 5.74. The molecule has 0 aliphatic heterocycles. The fraction of sp³-hybridized carbons (Fsp3) is 0.562. The highest BCUT2D eigenvalue weighted by Gasteiger charge is 2.30. The van der Waals surface area contributed by atoms with E-state index >= 15 is 0 Å². The Bertz CT molecular complexity index is 442. The highest BCUT2D eigenvalue weighted by molar-refractivity contribution is 5.87. The topological polar surface area (TPSA) is 55.1 Å². The van der Waals surface area contributed by atoms with Crippen LogP contribution in [0.3, 0.4) is 0 Å². The van der Waals surface area contributed by atoms with Gasteiger partial charge in [0, 0.05) is 5.69 Å². The Kier molecular flexibility index (Phi) is 5.99. The summed E-state index contributed by atoms with van der Waals surface area (Å²) < 4.78 is 13.4. The maximum atomic E-state index is 13.4. The predicted molar refractivity (Wildman–Crippen MR) is 81.1 cm³/mol. The molecule has 0 aliphatic rings. The van der Waals surface area contributed by atoms with Crippen LogP contribution in [0.4, 0.5) is 10.1 Å². The number of carbonyl (C=O) groups is 1. The van der Waals surface area contributed by atoms with Crippen LogP contribution in [0.25, 0.3) is 0 Å². The number of hydrogen-bond donors (Lipinski definition) is 2. The zero-order chi connectivity index (χ0) is 15.2. The first-order valence-corrected chi connectivity index (χ1v) is 7.22. The first-order valence-electron chi connectivity index (χ1n) is 7.22. The van der Waals surface area contributed by atoms with Gasteiger partial charge in [-0.1, -0.05) is 32.6 Å². The van der Waals surface area contributed by atoms with Gasteiger partial charge in [-0.15, -0.1) is 0 Å². The summed E-state index contributed by atoms with van der Waals surface area (Å²) in [4.78, 5) is 11.7. The number of benzene rings is 1. The van der Waals surface area contributed by atoms with Crippen LogP contribution in [0.1, 0.15) is 51.5 Å². The number of anilines is 1. The third kappa shape index (κ3) is 4.83. The Morgan fingerprint density at radius 2 is 2.00 bits per heavy atom. The molecule has 0 spiro atoms. The normalized spacial score (nSPS) is 13.8. The molecule has 1 atom stereocenters. The van der Waals surface area contributed by atoms with E-state index < -0.39 is 11.4 Å². The van der Waals surface area contributed by atoms with Crippen LogP contribution >= 0.6 is 0 Å². The molecule has 1 rings (SSSR count). The number of carbonyl (C=O) groups excluding carboxylic acids is 1. The summed E-state index contributed by atoms with van der Waals surface area (Å²) in [5, 5.41) is 3.10. The van der Waals surface area contributed by atoms with Crippen molar-refractivity contribution in [3.63, 3.8) is 0 Å². The number of amides is 1. The predicted octanol–water partition coefficient (Wildman–Crippen LogP) is 3.76. The molecule has 0 radical (unpaired) electrons. The molecule has 1 aromatic rings. The molecule has 3 N–H and O–H groups in total. The molecular weight excluding hydrogens is 255 g/mol. The van der Waals surface area contributed by atoms with Crippen molar-refractivity contribution in [2.75, 3.05) is 5.32 Å². The van der Waals surface area contributed by atoms with Gasteiger partial charge in [-0.25, -0.2) is 4.39 Å². The van der Waals surface area contributed by atoms with E-state index in [1.807, 2.05) is 13.0 Å². The standard InChI is InChI=1S/C16H25FN2O/c1-4-5-6-7-8-16(3,15(18)20)19-14-10-12(2)9-13(17)11-14/h9-11,19H,4-8H2,1-3H3,(H2,18,20). The summed E-state index contributed by atoms with van der Waals surface area (Å²) >= 11 is 0. The highest BCUT2D eigenvalue weighted by Crippen LogP contribution is 2.23. The van der Waals surface area contributed by atoms with Crippen LogP contribution in [-0.4, -0.2) is 11.4 Å². The van der Waals surface area contributed by atoms with Crippen molar-refractivity contribution in [2.45, 2.75) is 58.4 Å². The van der Waals surface area contributed by atoms with Crippen molar-refractivity contribution in [3.05, 3.63) is 29.6 Å². The zero-order valence-electron chi connectivity index (χ0n) is 12.6. The lowest BCUT2D eigenvalue weighted by Gasteiger charge is -2.29. The van der Waals surface area contributed by atoms with E-state index in [4.69, 9.17) is 5.73 Å². The van der Waals surface area contributed by atoms with Crippen LogP contribution in [0.5, 0.6) is 0 Å². The van der Waals surface area contributed by atoms with Gasteiger partial charge in [0.25, 0.3) is 0 Å². The second-order valence-corrected chi connectivity index (χ2v) is 5.65. The summed E-state index contributed by atoms with van der Waals surface area (Å²) in [5.41, 5.74) is 6.08. The van der Waals surface area contributed by atoms with Gasteiger partial charge >= 0.3 is 0 Å². The third-order valence-electron chi connectivity index (χ3n) is 3.54. The van der Waals surface area contributed by atoms with Gasteiger partial charge in [0.2, 0.25) is 5.91 Å². The van der Waals surface area contributed by atoms with Crippen LogP contribution in [0.15, 0.2) is 18.2 Å². The molecular formula is C16H25FN2O. The van der Waals surface area contributed by atoms with Gasteiger partial charge < -0.3 is 11.1 Å². The third-order valence-corrected chi connectivity index (χ3v) is 3.54. The molecule has 112 valence electrons. The molecule has 0 bridgehead atoms. The smallest absolute Gasteiger partial charge is 0.242 e. The first kappa shape index (κ1) is 16.5. The van der Waals surface area contributed by atoms with Crippen molar-refractivity contribution >= 4 is 11.6 Å². The fourth-order valence-electron chi connectivity index (χ4n) is 2.28. The van der Waals surface area contributed by atoms with E-state index in [-0.39, 0.29) is 5.82 Å². The van der Waals surface area contributed by atoms with E-state index in [1.165, 1.54) is 12.1 Å². The van der Waals surface area contributed by atoms with Crippen LogP contribution < -0.4 is 11.1 Å². The maximum absolute atomic E-state index is 13.4. The average molecular weight is 280 g/mol. The Balaban J connectivity index is 2.77. The van der Waals surface area contributed by atoms with Gasteiger partial charge in [0.1, 0.15) is 11.4 Å². The molecule has 0 saturated heterocycles. The van der Waals surface area contributed by atoms with Crippen LogP contribution in [0, 0.1) is 12.7 Å². The number of unbranched alkanes of at least 4 members (excludes halogenated alkanes) is 3. The lowest BCUT2D eigenvalue weighted by molar-refractivity contribution is -0.122. The molecule has 1 unspecified atom stereocenters. The average Bonchev–Trinajstić information content (AvgIpc) is 2.33. The second kappa shape index (κ2) is 7.27. The molecule has 4 heteroatoms. The van der Waals surface area contributed by atoms with Gasteiger partial charge in [-0.2, -0.15) is 0 Å². The molecule has 1 aromatic carbocycles. The zero-order valence-corrected chi connectivity index (χ0v) is 12.6. The van der Waals surface area contributed by atoms with E-state index in [0.717, 1.165) is 31.2 Å². The minimum absolute atomic E-state index is 0.315. The van der Waals surface area contributed by atoms with Gasteiger partial charge in [-0.05, 0) is 44.0 Å². The maximum Gasteiger partial charge on any atom is 0.242 e.